The number of aromatic amines is 1. The fourth-order valence-corrected chi connectivity index (χ4v) is 2.03. The zero-order valence-corrected chi connectivity index (χ0v) is 11.5. The summed E-state index contributed by atoms with van der Waals surface area (Å²) in [5.41, 5.74) is 2.90. The predicted molar refractivity (Wildman–Crippen MR) is 76.5 cm³/mol. The van der Waals surface area contributed by atoms with Gasteiger partial charge in [0.2, 0.25) is 5.91 Å². The molecule has 1 aromatic heterocycles. The van der Waals surface area contributed by atoms with Gasteiger partial charge in [0, 0.05) is 17.8 Å². The number of carbonyl (C=O) groups is 1. The largest absolute Gasteiger partial charge is 0.508 e. The van der Waals surface area contributed by atoms with Crippen molar-refractivity contribution in [3.63, 3.8) is 0 Å². The van der Waals surface area contributed by atoms with Crippen LogP contribution in [0.4, 0.5) is 0 Å². The Balaban J connectivity index is 1.71. The van der Waals surface area contributed by atoms with Crippen LogP contribution in [0.2, 0.25) is 0 Å². The summed E-state index contributed by atoms with van der Waals surface area (Å²) in [7, 11) is 0. The van der Waals surface area contributed by atoms with Crippen LogP contribution in [0.25, 0.3) is 0 Å². The zero-order valence-electron chi connectivity index (χ0n) is 11.5. The zero-order chi connectivity index (χ0) is 14.4. The SMILES string of the molecule is Cc1[nH]ncc1CCCNC(=O)Cc1ccccc1O. The second-order valence-corrected chi connectivity index (χ2v) is 4.78. The summed E-state index contributed by atoms with van der Waals surface area (Å²) in [6.07, 6.45) is 3.78. The number of H-pyrrole nitrogens is 1. The number of benzene rings is 1. The van der Waals surface area contributed by atoms with Gasteiger partial charge in [-0.1, -0.05) is 18.2 Å². The van der Waals surface area contributed by atoms with Crippen LogP contribution >= 0.6 is 0 Å². The molecule has 0 bridgehead atoms. The number of nitrogens with one attached hydrogen (secondary N) is 2. The van der Waals surface area contributed by atoms with Crippen molar-refractivity contribution in [2.24, 2.45) is 0 Å². The molecule has 0 aliphatic rings. The lowest BCUT2D eigenvalue weighted by Crippen LogP contribution is -2.26. The van der Waals surface area contributed by atoms with Crippen LogP contribution < -0.4 is 5.32 Å². The van der Waals surface area contributed by atoms with Crippen LogP contribution in [0.1, 0.15) is 23.2 Å². The number of aromatic hydroxyl groups is 1. The van der Waals surface area contributed by atoms with Gasteiger partial charge < -0.3 is 10.4 Å². The van der Waals surface area contributed by atoms with Crippen molar-refractivity contribution >= 4 is 5.91 Å². The molecule has 0 saturated heterocycles. The molecule has 2 rings (SSSR count). The summed E-state index contributed by atoms with van der Waals surface area (Å²) in [4.78, 5) is 11.8. The number of amides is 1. The predicted octanol–water partition coefficient (Wildman–Crippen LogP) is 1.72. The molecule has 0 fully saturated rings. The lowest BCUT2D eigenvalue weighted by molar-refractivity contribution is -0.120. The summed E-state index contributed by atoms with van der Waals surface area (Å²) in [6.45, 7) is 2.61. The average Bonchev–Trinajstić information content (AvgIpc) is 2.83. The maximum atomic E-state index is 11.8. The third-order valence-electron chi connectivity index (χ3n) is 3.22. The molecule has 106 valence electrons. The van der Waals surface area contributed by atoms with E-state index in [1.807, 2.05) is 19.2 Å². The van der Waals surface area contributed by atoms with Gasteiger partial charge in [0.15, 0.2) is 0 Å². The topological polar surface area (TPSA) is 78.0 Å². The van der Waals surface area contributed by atoms with Gasteiger partial charge in [0.25, 0.3) is 0 Å². The van der Waals surface area contributed by atoms with Crippen molar-refractivity contribution in [1.82, 2.24) is 15.5 Å². The number of hydrogen-bond acceptors (Lipinski definition) is 3. The van der Waals surface area contributed by atoms with Crippen molar-refractivity contribution < 1.29 is 9.90 Å². The summed E-state index contributed by atoms with van der Waals surface area (Å²) in [6, 6.07) is 6.89. The minimum atomic E-state index is -0.0737. The molecule has 1 amide bonds. The van der Waals surface area contributed by atoms with Gasteiger partial charge in [0.1, 0.15) is 5.75 Å². The molecule has 0 saturated carbocycles. The van der Waals surface area contributed by atoms with Crippen molar-refractivity contribution in [2.75, 3.05) is 6.54 Å². The van der Waals surface area contributed by atoms with E-state index in [1.165, 1.54) is 5.56 Å². The van der Waals surface area contributed by atoms with Gasteiger partial charge in [0.05, 0.1) is 12.6 Å². The summed E-state index contributed by atoms with van der Waals surface area (Å²) in [5, 5.41) is 19.3. The molecular weight excluding hydrogens is 254 g/mol. The fraction of sp³-hybridized carbons (Fsp3) is 0.333. The molecule has 0 aliphatic heterocycles. The van der Waals surface area contributed by atoms with Gasteiger partial charge in [-0.15, -0.1) is 0 Å². The normalized spacial score (nSPS) is 10.4. The first kappa shape index (κ1) is 14.1. The number of aromatic nitrogens is 2. The number of nitrogens with zero attached hydrogens (tertiary/aromatic N) is 1. The molecular formula is C15H19N3O2. The number of phenolic OH excluding ortho intramolecular Hbond substituents is 1. The monoisotopic (exact) mass is 273 g/mol. The molecule has 0 unspecified atom stereocenters. The highest BCUT2D eigenvalue weighted by molar-refractivity contribution is 5.79. The molecule has 0 atom stereocenters. The second kappa shape index (κ2) is 6.75. The number of para-hydroxylation sites is 1. The van der Waals surface area contributed by atoms with E-state index < -0.39 is 0 Å². The number of carbonyl (C=O) groups excluding carboxylic acids is 1. The lowest BCUT2D eigenvalue weighted by Gasteiger charge is -2.06. The van der Waals surface area contributed by atoms with Crippen molar-refractivity contribution in [3.8, 4) is 5.75 Å². The molecule has 20 heavy (non-hydrogen) atoms. The van der Waals surface area contributed by atoms with Gasteiger partial charge in [-0.2, -0.15) is 5.10 Å². The standard InChI is InChI=1S/C15H19N3O2/c1-11-13(10-17-18-11)6-4-8-16-15(20)9-12-5-2-3-7-14(12)19/h2-3,5,7,10,19H,4,6,8-9H2,1H3,(H,16,20)(H,17,18). The van der Waals surface area contributed by atoms with Crippen molar-refractivity contribution in [1.29, 1.82) is 0 Å². The van der Waals surface area contributed by atoms with Crippen LogP contribution in [0.5, 0.6) is 5.75 Å². The van der Waals surface area contributed by atoms with E-state index >= 15 is 0 Å². The molecule has 5 nitrogen and oxygen atoms in total. The Kier molecular flexibility index (Phi) is 4.76. The van der Waals surface area contributed by atoms with Crippen LogP contribution in [0.3, 0.4) is 0 Å². The number of phenols is 1. The maximum absolute atomic E-state index is 11.8. The third-order valence-corrected chi connectivity index (χ3v) is 3.22. The smallest absolute Gasteiger partial charge is 0.224 e. The van der Waals surface area contributed by atoms with Crippen LogP contribution in [-0.2, 0) is 17.6 Å². The van der Waals surface area contributed by atoms with Crippen molar-refractivity contribution in [3.05, 3.63) is 47.3 Å². The average molecular weight is 273 g/mol. The summed E-state index contributed by atoms with van der Waals surface area (Å²) in [5.74, 6) is 0.0899. The van der Waals surface area contributed by atoms with E-state index in [-0.39, 0.29) is 18.1 Å². The van der Waals surface area contributed by atoms with Crippen molar-refractivity contribution in [2.45, 2.75) is 26.2 Å². The first-order chi connectivity index (χ1) is 9.66. The summed E-state index contributed by atoms with van der Waals surface area (Å²) >= 11 is 0. The quantitative estimate of drug-likeness (QED) is 0.701. The lowest BCUT2D eigenvalue weighted by atomic mass is 10.1. The molecule has 0 radical (unpaired) electrons. The summed E-state index contributed by atoms with van der Waals surface area (Å²) < 4.78 is 0. The van der Waals surface area contributed by atoms with E-state index in [0.717, 1.165) is 18.5 Å². The minimum absolute atomic E-state index is 0.0737. The molecule has 5 heteroatoms. The Labute approximate surface area is 118 Å². The van der Waals surface area contributed by atoms with E-state index in [4.69, 9.17) is 0 Å². The van der Waals surface area contributed by atoms with Gasteiger partial charge in [-0.05, 0) is 31.4 Å². The Hall–Kier alpha value is -2.30. The van der Waals surface area contributed by atoms with E-state index in [2.05, 4.69) is 15.5 Å². The Morgan fingerprint density at radius 1 is 1.35 bits per heavy atom. The molecule has 2 aromatic rings. The first-order valence-electron chi connectivity index (χ1n) is 6.69. The number of hydrogen-bond donors (Lipinski definition) is 3. The van der Waals surface area contributed by atoms with Crippen LogP contribution in [0.15, 0.2) is 30.5 Å². The van der Waals surface area contributed by atoms with E-state index in [0.29, 0.717) is 12.1 Å². The van der Waals surface area contributed by atoms with E-state index in [9.17, 15) is 9.90 Å². The number of rotatable bonds is 6. The van der Waals surface area contributed by atoms with Crippen LogP contribution in [-0.4, -0.2) is 27.8 Å². The molecule has 0 spiro atoms. The highest BCUT2D eigenvalue weighted by atomic mass is 16.3. The highest BCUT2D eigenvalue weighted by Crippen LogP contribution is 2.15. The molecule has 0 aliphatic carbocycles. The van der Waals surface area contributed by atoms with Crippen LogP contribution in [0, 0.1) is 6.92 Å². The Bertz CT molecular complexity index is 578. The molecule has 1 aromatic carbocycles. The van der Waals surface area contributed by atoms with Gasteiger partial charge >= 0.3 is 0 Å². The highest BCUT2D eigenvalue weighted by Gasteiger charge is 2.06. The maximum Gasteiger partial charge on any atom is 0.224 e. The first-order valence-corrected chi connectivity index (χ1v) is 6.69. The van der Waals surface area contributed by atoms with Gasteiger partial charge in [-0.3, -0.25) is 9.89 Å². The molecule has 3 N–H and O–H groups in total. The number of aryl methyl sites for hydroxylation is 2. The second-order valence-electron chi connectivity index (χ2n) is 4.78. The van der Waals surface area contributed by atoms with Gasteiger partial charge in [-0.25, -0.2) is 0 Å². The Morgan fingerprint density at radius 3 is 2.85 bits per heavy atom. The van der Waals surface area contributed by atoms with E-state index in [1.54, 1.807) is 18.2 Å². The fourth-order valence-electron chi connectivity index (χ4n) is 2.03. The minimum Gasteiger partial charge on any atom is -0.508 e. The Morgan fingerprint density at radius 2 is 2.15 bits per heavy atom. The molecule has 1 heterocycles. The third kappa shape index (κ3) is 3.85.